The first-order chi connectivity index (χ1) is 11.4. The number of carbonyl (C=O) groups excluding carboxylic acids is 2. The monoisotopic (exact) mass is 396 g/mol. The molecule has 1 aromatic carbocycles. The largest absolute Gasteiger partial charge is 0.480 e. The molecular formula is C17H21BrN2O4. The van der Waals surface area contributed by atoms with Gasteiger partial charge in [0.15, 0.2) is 0 Å². The van der Waals surface area contributed by atoms with Crippen molar-refractivity contribution in [2.75, 3.05) is 6.54 Å². The zero-order valence-corrected chi connectivity index (χ0v) is 14.9. The molecule has 0 aliphatic heterocycles. The van der Waals surface area contributed by atoms with E-state index in [2.05, 4.69) is 26.6 Å². The van der Waals surface area contributed by atoms with Crippen LogP contribution >= 0.6 is 15.9 Å². The van der Waals surface area contributed by atoms with Crippen molar-refractivity contribution in [2.45, 2.75) is 44.1 Å². The van der Waals surface area contributed by atoms with E-state index in [4.69, 9.17) is 0 Å². The molecule has 1 saturated carbocycles. The van der Waals surface area contributed by atoms with Crippen molar-refractivity contribution in [3.63, 3.8) is 0 Å². The van der Waals surface area contributed by atoms with Gasteiger partial charge >= 0.3 is 5.97 Å². The van der Waals surface area contributed by atoms with Gasteiger partial charge in [0.05, 0.1) is 0 Å². The Morgan fingerprint density at radius 3 is 2.29 bits per heavy atom. The molecule has 3 N–H and O–H groups in total. The summed E-state index contributed by atoms with van der Waals surface area (Å²) in [7, 11) is 0. The van der Waals surface area contributed by atoms with E-state index in [-0.39, 0.29) is 24.8 Å². The lowest BCUT2D eigenvalue weighted by Gasteiger charge is -2.34. The Kier molecular flexibility index (Phi) is 6.36. The third-order valence-corrected chi connectivity index (χ3v) is 4.77. The van der Waals surface area contributed by atoms with Gasteiger partial charge in [-0.05, 0) is 37.1 Å². The van der Waals surface area contributed by atoms with Crippen LogP contribution in [0.15, 0.2) is 28.7 Å². The molecule has 0 bridgehead atoms. The Morgan fingerprint density at radius 2 is 1.71 bits per heavy atom. The van der Waals surface area contributed by atoms with Crippen molar-refractivity contribution in [3.8, 4) is 0 Å². The third kappa shape index (κ3) is 4.80. The van der Waals surface area contributed by atoms with Crippen LogP contribution in [-0.2, 0) is 9.59 Å². The molecule has 6 nitrogen and oxygen atoms in total. The Bertz CT molecular complexity index is 610. The lowest BCUT2D eigenvalue weighted by molar-refractivity contribution is -0.149. The van der Waals surface area contributed by atoms with Gasteiger partial charge in [0, 0.05) is 23.0 Å². The van der Waals surface area contributed by atoms with E-state index in [9.17, 15) is 19.5 Å². The maximum atomic E-state index is 12.1. The summed E-state index contributed by atoms with van der Waals surface area (Å²) in [4.78, 5) is 35.5. The molecule has 0 unspecified atom stereocenters. The van der Waals surface area contributed by atoms with E-state index in [1.165, 1.54) is 0 Å². The van der Waals surface area contributed by atoms with Crippen LogP contribution in [0, 0.1) is 0 Å². The van der Waals surface area contributed by atoms with Gasteiger partial charge in [-0.25, -0.2) is 4.79 Å². The summed E-state index contributed by atoms with van der Waals surface area (Å²) in [5.41, 5.74) is -0.640. The number of carbonyl (C=O) groups is 3. The van der Waals surface area contributed by atoms with Crippen molar-refractivity contribution in [1.29, 1.82) is 0 Å². The maximum absolute atomic E-state index is 12.1. The van der Waals surface area contributed by atoms with Gasteiger partial charge in [-0.3, -0.25) is 9.59 Å². The molecule has 0 spiro atoms. The third-order valence-electron chi connectivity index (χ3n) is 4.24. The highest BCUT2D eigenvalue weighted by Gasteiger charge is 2.40. The molecule has 0 aromatic heterocycles. The quantitative estimate of drug-likeness (QED) is 0.687. The second-order valence-corrected chi connectivity index (χ2v) is 6.92. The summed E-state index contributed by atoms with van der Waals surface area (Å²) in [5, 5.41) is 14.8. The minimum Gasteiger partial charge on any atom is -0.480 e. The molecule has 130 valence electrons. The fourth-order valence-corrected chi connectivity index (χ4v) is 3.13. The number of hydrogen-bond acceptors (Lipinski definition) is 3. The highest BCUT2D eigenvalue weighted by atomic mass is 79.9. The Morgan fingerprint density at radius 1 is 1.08 bits per heavy atom. The molecular weight excluding hydrogens is 376 g/mol. The average molecular weight is 397 g/mol. The SMILES string of the molecule is O=C(CCNC(=O)c1ccc(Br)cc1)NC1(C(=O)O)CCCCC1. The van der Waals surface area contributed by atoms with Crippen molar-refractivity contribution < 1.29 is 19.5 Å². The van der Waals surface area contributed by atoms with Crippen molar-refractivity contribution in [1.82, 2.24) is 10.6 Å². The first-order valence-corrected chi connectivity index (χ1v) is 8.80. The van der Waals surface area contributed by atoms with Crippen LogP contribution in [0.1, 0.15) is 48.9 Å². The molecule has 0 saturated heterocycles. The van der Waals surface area contributed by atoms with E-state index in [1.807, 2.05) is 0 Å². The van der Waals surface area contributed by atoms with E-state index >= 15 is 0 Å². The Labute approximate surface area is 149 Å². The van der Waals surface area contributed by atoms with Gasteiger partial charge in [0.1, 0.15) is 5.54 Å². The van der Waals surface area contributed by atoms with Crippen molar-refractivity contribution >= 4 is 33.7 Å². The van der Waals surface area contributed by atoms with Crippen LogP contribution in [0.4, 0.5) is 0 Å². The molecule has 1 aromatic rings. The summed E-state index contributed by atoms with van der Waals surface area (Å²) < 4.78 is 0.880. The molecule has 1 fully saturated rings. The highest BCUT2D eigenvalue weighted by Crippen LogP contribution is 2.28. The lowest BCUT2D eigenvalue weighted by atomic mass is 9.81. The predicted molar refractivity (Wildman–Crippen MR) is 92.7 cm³/mol. The minimum atomic E-state index is -1.15. The Hall–Kier alpha value is -1.89. The van der Waals surface area contributed by atoms with Crippen LogP contribution in [-0.4, -0.2) is 35.0 Å². The van der Waals surface area contributed by atoms with Gasteiger partial charge < -0.3 is 15.7 Å². The summed E-state index contributed by atoms with van der Waals surface area (Å²) >= 11 is 3.30. The van der Waals surface area contributed by atoms with Gasteiger partial charge in [0.25, 0.3) is 5.91 Å². The standard InChI is InChI=1S/C17H21BrN2O4/c18-13-6-4-12(5-7-13)15(22)19-11-8-14(21)20-17(16(23)24)9-2-1-3-10-17/h4-7H,1-3,8-11H2,(H,19,22)(H,20,21)(H,23,24). The van der Waals surface area contributed by atoms with Crippen molar-refractivity contribution in [3.05, 3.63) is 34.3 Å². The molecule has 1 aliphatic carbocycles. The van der Waals surface area contributed by atoms with E-state index < -0.39 is 11.5 Å². The normalized spacial score (nSPS) is 16.2. The number of nitrogens with one attached hydrogen (secondary N) is 2. The van der Waals surface area contributed by atoms with Gasteiger partial charge in [-0.2, -0.15) is 0 Å². The molecule has 7 heteroatoms. The van der Waals surface area contributed by atoms with Crippen LogP contribution < -0.4 is 10.6 Å². The van der Waals surface area contributed by atoms with Gasteiger partial charge in [-0.1, -0.05) is 35.2 Å². The topological polar surface area (TPSA) is 95.5 Å². The fraction of sp³-hybridized carbons (Fsp3) is 0.471. The molecule has 0 radical (unpaired) electrons. The zero-order valence-electron chi connectivity index (χ0n) is 13.3. The highest BCUT2D eigenvalue weighted by molar-refractivity contribution is 9.10. The van der Waals surface area contributed by atoms with E-state index in [0.29, 0.717) is 18.4 Å². The smallest absolute Gasteiger partial charge is 0.329 e. The van der Waals surface area contributed by atoms with Crippen molar-refractivity contribution in [2.24, 2.45) is 0 Å². The van der Waals surface area contributed by atoms with E-state index in [0.717, 1.165) is 23.7 Å². The second kappa shape index (κ2) is 8.28. The van der Waals surface area contributed by atoms with E-state index in [1.54, 1.807) is 24.3 Å². The molecule has 2 amide bonds. The molecule has 24 heavy (non-hydrogen) atoms. The lowest BCUT2D eigenvalue weighted by Crippen LogP contribution is -2.55. The minimum absolute atomic E-state index is 0.0529. The second-order valence-electron chi connectivity index (χ2n) is 6.01. The molecule has 0 heterocycles. The molecule has 1 aliphatic rings. The average Bonchev–Trinajstić information content (AvgIpc) is 2.56. The predicted octanol–water partition coefficient (Wildman–Crippen LogP) is 2.47. The number of hydrogen-bond donors (Lipinski definition) is 3. The van der Waals surface area contributed by atoms with Gasteiger partial charge in [-0.15, -0.1) is 0 Å². The summed E-state index contributed by atoms with van der Waals surface area (Å²) in [6, 6.07) is 6.89. The number of carboxylic acid groups (broad SMARTS) is 1. The number of halogens is 1. The summed E-state index contributed by atoms with van der Waals surface area (Å²) in [6.07, 6.45) is 3.56. The van der Waals surface area contributed by atoms with Crippen LogP contribution in [0.3, 0.4) is 0 Å². The maximum Gasteiger partial charge on any atom is 0.329 e. The number of aliphatic carboxylic acids is 1. The first-order valence-electron chi connectivity index (χ1n) is 8.01. The number of benzene rings is 1. The molecule has 2 rings (SSSR count). The van der Waals surface area contributed by atoms with Gasteiger partial charge in [0.2, 0.25) is 5.91 Å². The number of carboxylic acids is 1. The summed E-state index contributed by atoms with van der Waals surface area (Å²) in [6.45, 7) is 0.163. The zero-order chi connectivity index (χ0) is 17.6. The number of amides is 2. The van der Waals surface area contributed by atoms with Crippen LogP contribution in [0.25, 0.3) is 0 Å². The van der Waals surface area contributed by atoms with Crippen LogP contribution in [0.2, 0.25) is 0 Å². The van der Waals surface area contributed by atoms with Crippen LogP contribution in [0.5, 0.6) is 0 Å². The number of rotatable bonds is 6. The Balaban J connectivity index is 1.81. The summed E-state index contributed by atoms with van der Waals surface area (Å²) in [5.74, 6) is -1.59. The molecule has 0 atom stereocenters. The first kappa shape index (κ1) is 18.4. The fourth-order valence-electron chi connectivity index (χ4n) is 2.87.